The summed E-state index contributed by atoms with van der Waals surface area (Å²) in [5, 5.41) is 2.05. The summed E-state index contributed by atoms with van der Waals surface area (Å²) < 4.78 is 19.9. The number of carbonyl (C=O) groups is 2. The van der Waals surface area contributed by atoms with Crippen molar-refractivity contribution in [2.24, 2.45) is 0 Å². The molecule has 2 aromatic carbocycles. The first-order chi connectivity index (χ1) is 16.3. The third-order valence-electron chi connectivity index (χ3n) is 6.17. The molecule has 1 atom stereocenters. The first-order valence-corrected chi connectivity index (χ1v) is 12.3. The molecule has 3 aromatic rings. The number of carbonyl (C=O) groups excluding carboxylic acids is 2. The van der Waals surface area contributed by atoms with Crippen LogP contribution in [0.1, 0.15) is 46.3 Å². The van der Waals surface area contributed by atoms with Crippen LogP contribution in [0.4, 0.5) is 4.39 Å². The summed E-state index contributed by atoms with van der Waals surface area (Å²) in [5.41, 5.74) is 2.37. The van der Waals surface area contributed by atoms with Crippen molar-refractivity contribution in [1.29, 1.82) is 0 Å². The second kappa shape index (κ2) is 10.4. The normalized spacial score (nSPS) is 15.2. The van der Waals surface area contributed by atoms with Gasteiger partial charge in [-0.25, -0.2) is 4.39 Å². The maximum absolute atomic E-state index is 13.7. The third-order valence-corrected chi connectivity index (χ3v) is 7.16. The van der Waals surface area contributed by atoms with Crippen molar-refractivity contribution >= 4 is 23.2 Å². The van der Waals surface area contributed by atoms with Gasteiger partial charge < -0.3 is 14.5 Å². The van der Waals surface area contributed by atoms with Gasteiger partial charge in [-0.1, -0.05) is 24.3 Å². The third kappa shape index (κ3) is 5.14. The molecule has 0 unspecified atom stereocenters. The molecule has 0 bridgehead atoms. The predicted molar refractivity (Wildman–Crippen MR) is 132 cm³/mol. The number of fused-ring (bicyclic) bond motifs is 1. The summed E-state index contributed by atoms with van der Waals surface area (Å²) in [6.45, 7) is 6.53. The van der Waals surface area contributed by atoms with Crippen LogP contribution in [-0.2, 0) is 11.2 Å². The van der Waals surface area contributed by atoms with Crippen LogP contribution in [0.3, 0.4) is 0 Å². The van der Waals surface area contributed by atoms with Crippen molar-refractivity contribution in [2.45, 2.75) is 39.3 Å². The molecule has 0 aliphatic carbocycles. The predicted octanol–water partition coefficient (Wildman–Crippen LogP) is 5.25. The molecule has 2 heterocycles. The summed E-state index contributed by atoms with van der Waals surface area (Å²) in [7, 11) is 0. The van der Waals surface area contributed by atoms with Gasteiger partial charge >= 0.3 is 0 Å². The van der Waals surface area contributed by atoms with Gasteiger partial charge in [0.25, 0.3) is 5.91 Å². The van der Waals surface area contributed by atoms with E-state index in [2.05, 4.69) is 6.07 Å². The van der Waals surface area contributed by atoms with E-state index in [1.54, 1.807) is 17.4 Å². The van der Waals surface area contributed by atoms with Crippen LogP contribution in [0, 0.1) is 12.7 Å². The lowest BCUT2D eigenvalue weighted by Gasteiger charge is -2.37. The number of rotatable bonds is 7. The van der Waals surface area contributed by atoms with Crippen LogP contribution >= 0.6 is 11.3 Å². The van der Waals surface area contributed by atoms with Gasteiger partial charge in [0.15, 0.2) is 0 Å². The van der Waals surface area contributed by atoms with Gasteiger partial charge in [0.1, 0.15) is 24.7 Å². The molecule has 0 fully saturated rings. The standard InChI is InChI=1S/C27H29FN2O3S/c1-18(2)30(27(32)20-8-6-9-21(28)15-20)16-26(31)29-13-11-25-22(12-14-34-25)23(29)17-33-24-10-5-4-7-19(24)3/h4-10,12,14-15,18,23H,11,13,16-17H2,1-3H3/t23-/m1/s1. The van der Waals surface area contributed by atoms with Crippen molar-refractivity contribution in [1.82, 2.24) is 9.80 Å². The van der Waals surface area contributed by atoms with Crippen LogP contribution in [0.25, 0.3) is 0 Å². The average Bonchev–Trinajstić information content (AvgIpc) is 3.30. The Morgan fingerprint density at radius 2 is 1.97 bits per heavy atom. The zero-order valence-electron chi connectivity index (χ0n) is 19.7. The largest absolute Gasteiger partial charge is 0.491 e. The lowest BCUT2D eigenvalue weighted by atomic mass is 10.00. The number of halogens is 1. The van der Waals surface area contributed by atoms with Crippen LogP contribution in [0.5, 0.6) is 5.75 Å². The van der Waals surface area contributed by atoms with E-state index in [9.17, 15) is 14.0 Å². The summed E-state index contributed by atoms with van der Waals surface area (Å²) >= 11 is 1.70. The Morgan fingerprint density at radius 3 is 2.71 bits per heavy atom. The minimum absolute atomic E-state index is 0.0760. The minimum atomic E-state index is -0.477. The molecule has 0 saturated heterocycles. The average molecular weight is 481 g/mol. The molecule has 4 rings (SSSR count). The number of para-hydroxylation sites is 1. The fourth-order valence-corrected chi connectivity index (χ4v) is 5.20. The lowest BCUT2D eigenvalue weighted by Crippen LogP contribution is -2.49. The van der Waals surface area contributed by atoms with E-state index in [-0.39, 0.29) is 36.0 Å². The van der Waals surface area contributed by atoms with Gasteiger partial charge in [0.05, 0.1) is 6.04 Å². The van der Waals surface area contributed by atoms with Gasteiger partial charge in [-0.2, -0.15) is 0 Å². The highest BCUT2D eigenvalue weighted by Gasteiger charge is 2.34. The van der Waals surface area contributed by atoms with Crippen molar-refractivity contribution < 1.29 is 18.7 Å². The summed E-state index contributed by atoms with van der Waals surface area (Å²) in [5.74, 6) is -0.185. The van der Waals surface area contributed by atoms with Gasteiger partial charge in [0.2, 0.25) is 5.91 Å². The molecule has 0 radical (unpaired) electrons. The number of benzene rings is 2. The van der Waals surface area contributed by atoms with Gasteiger partial charge in [-0.15, -0.1) is 11.3 Å². The quantitative estimate of drug-likeness (QED) is 0.464. The second-order valence-electron chi connectivity index (χ2n) is 8.77. The molecule has 1 aromatic heterocycles. The molecule has 178 valence electrons. The van der Waals surface area contributed by atoms with Gasteiger partial charge in [0, 0.05) is 23.0 Å². The number of hydrogen-bond acceptors (Lipinski definition) is 4. The molecule has 7 heteroatoms. The summed E-state index contributed by atoms with van der Waals surface area (Å²) in [4.78, 5) is 31.2. The van der Waals surface area contributed by atoms with E-state index < -0.39 is 5.82 Å². The van der Waals surface area contributed by atoms with E-state index in [1.165, 1.54) is 28.0 Å². The topological polar surface area (TPSA) is 49.9 Å². The Hall–Kier alpha value is -3.19. The molecule has 5 nitrogen and oxygen atoms in total. The van der Waals surface area contributed by atoms with Crippen LogP contribution in [0.15, 0.2) is 60.0 Å². The SMILES string of the molecule is Cc1ccccc1OC[C@@H]1c2ccsc2CCN1C(=O)CN(C(=O)c1cccc(F)c1)C(C)C. The van der Waals surface area contributed by atoms with Crippen LogP contribution < -0.4 is 4.74 Å². The Balaban J connectivity index is 1.54. The van der Waals surface area contributed by atoms with Crippen LogP contribution in [-0.4, -0.2) is 47.4 Å². The number of aryl methyl sites for hydroxylation is 1. The monoisotopic (exact) mass is 480 g/mol. The van der Waals surface area contributed by atoms with Crippen LogP contribution in [0.2, 0.25) is 0 Å². The maximum Gasteiger partial charge on any atom is 0.254 e. The van der Waals surface area contributed by atoms with E-state index >= 15 is 0 Å². The Kier molecular flexibility index (Phi) is 7.32. The van der Waals surface area contributed by atoms with E-state index in [1.807, 2.05) is 55.3 Å². The molecule has 2 amide bonds. The van der Waals surface area contributed by atoms with E-state index in [0.29, 0.717) is 13.2 Å². The fourth-order valence-electron chi connectivity index (χ4n) is 4.27. The number of amides is 2. The highest BCUT2D eigenvalue weighted by atomic mass is 32.1. The Labute approximate surface area is 203 Å². The van der Waals surface area contributed by atoms with Crippen molar-refractivity contribution in [2.75, 3.05) is 19.7 Å². The summed E-state index contributed by atoms with van der Waals surface area (Å²) in [6.07, 6.45) is 0.777. The molecule has 0 spiro atoms. The molecule has 1 aliphatic rings. The minimum Gasteiger partial charge on any atom is -0.491 e. The Bertz CT molecular complexity index is 1180. The smallest absolute Gasteiger partial charge is 0.254 e. The number of ether oxygens (including phenoxy) is 1. The number of hydrogen-bond donors (Lipinski definition) is 0. The molecule has 34 heavy (non-hydrogen) atoms. The molecular weight excluding hydrogens is 451 g/mol. The van der Waals surface area contributed by atoms with E-state index in [4.69, 9.17) is 4.74 Å². The van der Waals surface area contributed by atoms with Gasteiger partial charge in [-0.05, 0) is 74.0 Å². The maximum atomic E-state index is 13.7. The van der Waals surface area contributed by atoms with Crippen molar-refractivity contribution in [3.63, 3.8) is 0 Å². The molecule has 0 N–H and O–H groups in total. The van der Waals surface area contributed by atoms with Crippen molar-refractivity contribution in [3.8, 4) is 5.75 Å². The number of nitrogens with zero attached hydrogens (tertiary/aromatic N) is 2. The fraction of sp³-hybridized carbons (Fsp3) is 0.333. The molecule has 0 saturated carbocycles. The number of thiophene rings is 1. The van der Waals surface area contributed by atoms with Crippen molar-refractivity contribution in [3.05, 3.63) is 87.4 Å². The van der Waals surface area contributed by atoms with E-state index in [0.717, 1.165) is 23.3 Å². The Morgan fingerprint density at radius 1 is 1.18 bits per heavy atom. The highest BCUT2D eigenvalue weighted by Crippen LogP contribution is 2.34. The highest BCUT2D eigenvalue weighted by molar-refractivity contribution is 7.10. The zero-order chi connectivity index (χ0) is 24.2. The second-order valence-corrected chi connectivity index (χ2v) is 9.77. The first kappa shape index (κ1) is 24.0. The lowest BCUT2D eigenvalue weighted by molar-refractivity contribution is -0.136. The molecular formula is C27H29FN2O3S. The first-order valence-electron chi connectivity index (χ1n) is 11.5. The zero-order valence-corrected chi connectivity index (χ0v) is 20.5. The summed E-state index contributed by atoms with van der Waals surface area (Å²) in [6, 6.07) is 15.0. The molecule has 1 aliphatic heterocycles. The van der Waals surface area contributed by atoms with Gasteiger partial charge in [-0.3, -0.25) is 9.59 Å².